The van der Waals surface area contributed by atoms with Crippen molar-refractivity contribution in [3.63, 3.8) is 0 Å². The van der Waals surface area contributed by atoms with E-state index in [-0.39, 0.29) is 28.0 Å². The summed E-state index contributed by atoms with van der Waals surface area (Å²) < 4.78 is 39.6. The molecule has 0 radical (unpaired) electrons. The number of benzene rings is 1. The van der Waals surface area contributed by atoms with E-state index >= 15 is 0 Å². The van der Waals surface area contributed by atoms with Gasteiger partial charge in [0.15, 0.2) is 0 Å². The zero-order valence-corrected chi connectivity index (χ0v) is 21.1. The van der Waals surface area contributed by atoms with E-state index in [1.165, 1.54) is 24.3 Å². The Kier molecular flexibility index (Phi) is 7.22. The largest absolute Gasteiger partial charge is 0.507 e. The van der Waals surface area contributed by atoms with Gasteiger partial charge in [0.1, 0.15) is 11.4 Å². The van der Waals surface area contributed by atoms with Crippen molar-refractivity contribution in [2.75, 3.05) is 7.05 Å². The molecule has 0 spiro atoms. The van der Waals surface area contributed by atoms with Crippen LogP contribution in [0.4, 0.5) is 13.2 Å². The molecular formula is C26H34F3N5O. The highest BCUT2D eigenvalue weighted by atomic mass is 19.4. The molecule has 9 heteroatoms. The van der Waals surface area contributed by atoms with E-state index in [1.807, 2.05) is 19.1 Å². The van der Waals surface area contributed by atoms with Gasteiger partial charge in [-0.1, -0.05) is 12.6 Å². The van der Waals surface area contributed by atoms with Crippen molar-refractivity contribution in [3.05, 3.63) is 60.2 Å². The lowest BCUT2D eigenvalue weighted by Crippen LogP contribution is -2.61. The Bertz CT molecular complexity index is 1130. The van der Waals surface area contributed by atoms with Crippen molar-refractivity contribution in [2.24, 2.45) is 4.99 Å². The summed E-state index contributed by atoms with van der Waals surface area (Å²) in [5.74, 6) is -0.197. The Hall–Kier alpha value is -3.07. The summed E-state index contributed by atoms with van der Waals surface area (Å²) in [4.78, 5) is 6.75. The van der Waals surface area contributed by atoms with Crippen LogP contribution < -0.4 is 5.32 Å². The van der Waals surface area contributed by atoms with Crippen molar-refractivity contribution in [2.45, 2.75) is 70.8 Å². The van der Waals surface area contributed by atoms with E-state index in [2.05, 4.69) is 54.6 Å². The minimum Gasteiger partial charge on any atom is -0.507 e. The standard InChI is InChI=1S/C26H34F3N5O/c1-8-21(30-14-16(2)34(7)18-12-24(3,4)33-25(5,6)13-18)19-10-9-17(11-22(19)35)20-15-31-32-23(20)26(27,28)29/h8-11,14-15,18,33,35H,1,12-13H2,2-7H3,(H,31,32)/b16-14+,30-21?. The highest BCUT2D eigenvalue weighted by molar-refractivity contribution is 6.10. The molecular weight excluding hydrogens is 455 g/mol. The average Bonchev–Trinajstić information content (AvgIpc) is 3.22. The van der Waals surface area contributed by atoms with Crippen LogP contribution in [0, 0.1) is 0 Å². The molecule has 1 aliphatic heterocycles. The minimum atomic E-state index is -4.58. The second kappa shape index (κ2) is 9.53. The molecule has 1 aromatic carbocycles. The van der Waals surface area contributed by atoms with Crippen LogP contribution in [0.1, 0.15) is 58.7 Å². The molecule has 0 amide bonds. The number of aliphatic imine (C=N–C) groups is 1. The number of aromatic nitrogens is 2. The molecule has 0 unspecified atom stereocenters. The number of allylic oxidation sites excluding steroid dienone is 2. The van der Waals surface area contributed by atoms with E-state index in [4.69, 9.17) is 0 Å². The number of aromatic hydroxyl groups is 1. The van der Waals surface area contributed by atoms with E-state index in [9.17, 15) is 18.3 Å². The van der Waals surface area contributed by atoms with Gasteiger partial charge < -0.3 is 15.3 Å². The van der Waals surface area contributed by atoms with Crippen molar-refractivity contribution < 1.29 is 18.3 Å². The van der Waals surface area contributed by atoms with Gasteiger partial charge >= 0.3 is 6.18 Å². The summed E-state index contributed by atoms with van der Waals surface area (Å²) in [5.41, 5.74) is 0.837. The third kappa shape index (κ3) is 6.14. The maximum absolute atomic E-state index is 13.2. The number of nitrogens with one attached hydrogen (secondary N) is 2. The fraction of sp³-hybridized carbons (Fsp3) is 0.462. The van der Waals surface area contributed by atoms with Crippen LogP contribution in [0.2, 0.25) is 0 Å². The van der Waals surface area contributed by atoms with Crippen molar-refractivity contribution in [1.82, 2.24) is 20.4 Å². The number of hydrogen-bond donors (Lipinski definition) is 3. The number of halogens is 3. The molecule has 1 saturated heterocycles. The van der Waals surface area contributed by atoms with Crippen molar-refractivity contribution in [3.8, 4) is 16.9 Å². The molecule has 1 aliphatic rings. The SMILES string of the molecule is C=CC(=N/C=C(\C)N(C)C1CC(C)(C)NC(C)(C)C1)c1ccc(-c2cn[nH]c2C(F)(F)F)cc1O. The van der Waals surface area contributed by atoms with Gasteiger partial charge in [0.25, 0.3) is 0 Å². The lowest BCUT2D eigenvalue weighted by Gasteiger charge is -2.49. The zero-order chi connectivity index (χ0) is 26.2. The van der Waals surface area contributed by atoms with Gasteiger partial charge in [-0.2, -0.15) is 18.3 Å². The van der Waals surface area contributed by atoms with E-state index in [0.717, 1.165) is 24.7 Å². The fourth-order valence-corrected chi connectivity index (χ4v) is 4.95. The van der Waals surface area contributed by atoms with Gasteiger partial charge in [0, 0.05) is 47.2 Å². The van der Waals surface area contributed by atoms with Crippen LogP contribution in [-0.4, -0.2) is 50.1 Å². The van der Waals surface area contributed by atoms with E-state index in [0.29, 0.717) is 17.3 Å². The molecule has 190 valence electrons. The molecule has 2 aromatic rings. The minimum absolute atomic E-state index is 0.00496. The summed E-state index contributed by atoms with van der Waals surface area (Å²) in [6, 6.07) is 4.63. The molecule has 0 aliphatic carbocycles. The second-order valence-electron chi connectivity index (χ2n) is 10.4. The molecule has 35 heavy (non-hydrogen) atoms. The summed E-state index contributed by atoms with van der Waals surface area (Å²) in [7, 11) is 2.05. The summed E-state index contributed by atoms with van der Waals surface area (Å²) in [6.45, 7) is 14.6. The molecule has 1 fully saturated rings. The Balaban J connectivity index is 1.86. The number of H-pyrrole nitrogens is 1. The molecule has 0 saturated carbocycles. The molecule has 3 rings (SSSR count). The Morgan fingerprint density at radius 3 is 2.40 bits per heavy atom. The molecule has 2 heterocycles. The molecule has 0 bridgehead atoms. The maximum Gasteiger partial charge on any atom is 0.433 e. The summed E-state index contributed by atoms with van der Waals surface area (Å²) >= 11 is 0. The van der Waals surface area contributed by atoms with Crippen LogP contribution in [0.25, 0.3) is 11.1 Å². The first-order chi connectivity index (χ1) is 16.1. The van der Waals surface area contributed by atoms with E-state index in [1.54, 1.807) is 6.20 Å². The van der Waals surface area contributed by atoms with Crippen LogP contribution in [0.5, 0.6) is 5.75 Å². The fourth-order valence-electron chi connectivity index (χ4n) is 4.95. The van der Waals surface area contributed by atoms with E-state index < -0.39 is 11.9 Å². The first-order valence-corrected chi connectivity index (χ1v) is 11.5. The third-order valence-corrected chi connectivity index (χ3v) is 6.36. The van der Waals surface area contributed by atoms with Crippen LogP contribution in [-0.2, 0) is 6.18 Å². The number of hydrogen-bond acceptors (Lipinski definition) is 5. The summed E-state index contributed by atoms with van der Waals surface area (Å²) in [5, 5.41) is 19.8. The number of alkyl halides is 3. The average molecular weight is 490 g/mol. The highest BCUT2D eigenvalue weighted by Gasteiger charge is 2.39. The van der Waals surface area contributed by atoms with Gasteiger partial charge in [-0.25, -0.2) is 0 Å². The lowest BCUT2D eigenvalue weighted by molar-refractivity contribution is -0.140. The van der Waals surface area contributed by atoms with Gasteiger partial charge in [-0.3, -0.25) is 10.1 Å². The van der Waals surface area contributed by atoms with Gasteiger partial charge in [0.2, 0.25) is 0 Å². The molecule has 0 atom stereocenters. The van der Waals surface area contributed by atoms with Crippen molar-refractivity contribution >= 4 is 5.71 Å². The lowest BCUT2D eigenvalue weighted by atomic mass is 9.79. The third-order valence-electron chi connectivity index (χ3n) is 6.36. The Morgan fingerprint density at radius 1 is 1.23 bits per heavy atom. The molecule has 1 aromatic heterocycles. The number of nitrogens with zero attached hydrogens (tertiary/aromatic N) is 3. The molecule has 3 N–H and O–H groups in total. The predicted octanol–water partition coefficient (Wildman–Crippen LogP) is 5.88. The number of rotatable bonds is 6. The zero-order valence-electron chi connectivity index (χ0n) is 21.1. The monoisotopic (exact) mass is 489 g/mol. The summed E-state index contributed by atoms with van der Waals surface area (Å²) in [6.07, 6.45) is 1.70. The maximum atomic E-state index is 13.2. The quantitative estimate of drug-likeness (QED) is 0.443. The second-order valence-corrected chi connectivity index (χ2v) is 10.4. The number of piperidine rings is 1. The Labute approximate surface area is 204 Å². The normalized spacial score (nSPS) is 19.0. The number of aromatic amines is 1. The smallest absolute Gasteiger partial charge is 0.433 e. The highest BCUT2D eigenvalue weighted by Crippen LogP contribution is 2.37. The van der Waals surface area contributed by atoms with Crippen LogP contribution >= 0.6 is 0 Å². The topological polar surface area (TPSA) is 76.5 Å². The van der Waals surface area contributed by atoms with Gasteiger partial charge in [0.05, 0.1) is 11.9 Å². The first kappa shape index (κ1) is 26.5. The van der Waals surface area contributed by atoms with Crippen molar-refractivity contribution in [1.29, 1.82) is 0 Å². The van der Waals surface area contributed by atoms with Gasteiger partial charge in [-0.15, -0.1) is 0 Å². The number of phenols is 1. The van der Waals surface area contributed by atoms with Crippen LogP contribution in [0.15, 0.2) is 53.9 Å². The Morgan fingerprint density at radius 2 is 1.86 bits per heavy atom. The predicted molar refractivity (Wildman–Crippen MR) is 133 cm³/mol. The van der Waals surface area contributed by atoms with Crippen LogP contribution in [0.3, 0.4) is 0 Å². The molecule has 6 nitrogen and oxygen atoms in total. The van der Waals surface area contributed by atoms with Gasteiger partial charge in [-0.05, 0) is 71.2 Å². The first-order valence-electron chi connectivity index (χ1n) is 11.5. The number of phenolic OH excluding ortho intramolecular Hbond substituents is 1.